The second kappa shape index (κ2) is 4.43. The Labute approximate surface area is 111 Å². The largest absolute Gasteiger partial charge is 0.231 e. The molecular weight excluding hydrogens is 242 g/mol. The topological polar surface area (TPSA) is 49.6 Å². The quantitative estimate of drug-likeness (QED) is 0.660. The van der Waals surface area contributed by atoms with E-state index in [0.29, 0.717) is 22.3 Å². The summed E-state index contributed by atoms with van der Waals surface area (Å²) in [5.74, 6) is 1.07. The first-order valence-corrected chi connectivity index (χ1v) is 6.30. The van der Waals surface area contributed by atoms with Crippen LogP contribution in [0.1, 0.15) is 30.0 Å². The predicted molar refractivity (Wildman–Crippen MR) is 71.4 cm³/mol. The molecule has 3 rings (SSSR count). The maximum absolute atomic E-state index is 9.16. The predicted octanol–water partition coefficient (Wildman–Crippen LogP) is 3.18. The average molecular weight is 253 g/mol. The van der Waals surface area contributed by atoms with E-state index in [2.05, 4.69) is 28.7 Å². The summed E-state index contributed by atoms with van der Waals surface area (Å²) in [6.45, 7) is 0. The van der Waals surface area contributed by atoms with E-state index in [1.165, 1.54) is 0 Å². The van der Waals surface area contributed by atoms with Gasteiger partial charge in [0.25, 0.3) is 0 Å². The molecule has 0 N–H and O–H groups in total. The third-order valence-corrected chi connectivity index (χ3v) is 3.35. The molecule has 1 saturated carbocycles. The summed E-state index contributed by atoms with van der Waals surface area (Å²) >= 11 is 4.32. The fourth-order valence-electron chi connectivity index (χ4n) is 1.94. The Hall–Kier alpha value is -1.86. The molecule has 0 atom stereocenters. The van der Waals surface area contributed by atoms with Gasteiger partial charge in [-0.1, -0.05) is 30.3 Å². The molecule has 0 amide bonds. The van der Waals surface area contributed by atoms with Gasteiger partial charge in [0.15, 0.2) is 5.82 Å². The molecule has 2 aromatic rings. The second-order valence-corrected chi connectivity index (χ2v) is 4.81. The van der Waals surface area contributed by atoms with Crippen LogP contribution in [0.5, 0.6) is 0 Å². The van der Waals surface area contributed by atoms with Crippen LogP contribution in [0, 0.1) is 11.3 Å². The van der Waals surface area contributed by atoms with E-state index in [9.17, 15) is 0 Å². The Morgan fingerprint density at radius 1 is 1.17 bits per heavy atom. The van der Waals surface area contributed by atoms with E-state index in [1.54, 1.807) is 0 Å². The molecule has 18 heavy (non-hydrogen) atoms. The number of nitriles is 1. The van der Waals surface area contributed by atoms with Gasteiger partial charge in [0.1, 0.15) is 16.7 Å². The fourth-order valence-corrected chi connectivity index (χ4v) is 2.20. The Kier molecular flexibility index (Phi) is 2.77. The highest BCUT2D eigenvalue weighted by Crippen LogP contribution is 2.41. The zero-order chi connectivity index (χ0) is 12.5. The van der Waals surface area contributed by atoms with Crippen molar-refractivity contribution >= 4 is 12.6 Å². The van der Waals surface area contributed by atoms with Gasteiger partial charge in [-0.15, -0.1) is 12.6 Å². The molecule has 0 unspecified atom stereocenters. The minimum Gasteiger partial charge on any atom is -0.231 e. The van der Waals surface area contributed by atoms with Crippen LogP contribution in [0.4, 0.5) is 0 Å². The van der Waals surface area contributed by atoms with Crippen molar-refractivity contribution < 1.29 is 0 Å². The van der Waals surface area contributed by atoms with Crippen molar-refractivity contribution in [2.24, 2.45) is 0 Å². The molecule has 0 radical (unpaired) electrons. The lowest BCUT2D eigenvalue weighted by atomic mass is 10.1. The van der Waals surface area contributed by atoms with Crippen molar-refractivity contribution in [2.75, 3.05) is 0 Å². The number of hydrogen-bond donors (Lipinski definition) is 1. The third-order valence-electron chi connectivity index (χ3n) is 3.03. The molecule has 4 heteroatoms. The van der Waals surface area contributed by atoms with E-state index in [0.717, 1.165) is 24.1 Å². The first-order valence-electron chi connectivity index (χ1n) is 5.86. The van der Waals surface area contributed by atoms with Crippen LogP contribution in [0.3, 0.4) is 0 Å². The summed E-state index contributed by atoms with van der Waals surface area (Å²) in [6, 6.07) is 11.9. The van der Waals surface area contributed by atoms with Gasteiger partial charge in [0.2, 0.25) is 0 Å². The zero-order valence-electron chi connectivity index (χ0n) is 9.67. The maximum atomic E-state index is 9.16. The number of aromatic nitrogens is 2. The van der Waals surface area contributed by atoms with E-state index in [4.69, 9.17) is 5.26 Å². The summed E-state index contributed by atoms with van der Waals surface area (Å²) in [5, 5.41) is 9.64. The molecule has 0 spiro atoms. The molecule has 88 valence electrons. The first-order chi connectivity index (χ1) is 8.79. The average Bonchev–Trinajstić information content (AvgIpc) is 3.23. The van der Waals surface area contributed by atoms with Gasteiger partial charge in [0, 0.05) is 11.5 Å². The minimum atomic E-state index is 0.413. The second-order valence-electron chi connectivity index (χ2n) is 4.38. The lowest BCUT2D eigenvalue weighted by Gasteiger charge is -2.07. The molecule has 0 aliphatic heterocycles. The number of rotatable bonds is 2. The number of nitrogens with zero attached hydrogens (tertiary/aromatic N) is 3. The molecule has 3 nitrogen and oxygen atoms in total. The van der Waals surface area contributed by atoms with Crippen molar-refractivity contribution in [3.8, 4) is 17.5 Å². The molecule has 1 aromatic heterocycles. The molecule has 0 bridgehead atoms. The van der Waals surface area contributed by atoms with E-state index in [-0.39, 0.29) is 0 Å². The number of benzene rings is 1. The van der Waals surface area contributed by atoms with Crippen LogP contribution in [0.15, 0.2) is 35.4 Å². The lowest BCUT2D eigenvalue weighted by Crippen LogP contribution is -2.00. The summed E-state index contributed by atoms with van der Waals surface area (Å²) in [6.07, 6.45) is 2.21. The van der Waals surface area contributed by atoms with Gasteiger partial charge in [-0.05, 0) is 12.8 Å². The Balaban J connectivity index is 2.16. The normalized spacial score (nSPS) is 14.2. The Morgan fingerprint density at radius 3 is 2.50 bits per heavy atom. The number of thiol groups is 1. The third kappa shape index (κ3) is 1.98. The van der Waals surface area contributed by atoms with E-state index < -0.39 is 0 Å². The summed E-state index contributed by atoms with van der Waals surface area (Å²) in [5.41, 5.74) is 2.34. The summed E-state index contributed by atoms with van der Waals surface area (Å²) < 4.78 is 0. The van der Waals surface area contributed by atoms with Crippen LogP contribution in [0.25, 0.3) is 11.4 Å². The van der Waals surface area contributed by atoms with E-state index in [1.807, 2.05) is 30.3 Å². The summed E-state index contributed by atoms with van der Waals surface area (Å²) in [4.78, 5) is 8.87. The van der Waals surface area contributed by atoms with Crippen LogP contribution in [-0.2, 0) is 0 Å². The molecular formula is C14H11N3S. The van der Waals surface area contributed by atoms with Gasteiger partial charge in [-0.25, -0.2) is 9.97 Å². The maximum Gasteiger partial charge on any atom is 0.160 e. The molecule has 1 aromatic carbocycles. The Morgan fingerprint density at radius 2 is 1.89 bits per heavy atom. The fraction of sp³-hybridized carbons (Fsp3) is 0.214. The monoisotopic (exact) mass is 253 g/mol. The highest BCUT2D eigenvalue weighted by molar-refractivity contribution is 7.80. The van der Waals surface area contributed by atoms with Crippen molar-refractivity contribution in [3.05, 3.63) is 41.6 Å². The van der Waals surface area contributed by atoms with Gasteiger partial charge >= 0.3 is 0 Å². The molecule has 1 aliphatic rings. The standard InChI is InChI=1S/C14H11N3S/c15-8-11-12(9-6-7-9)16-13(17-14(11)18)10-4-2-1-3-5-10/h1-5,9H,6-7H2,(H,16,17,18). The van der Waals surface area contributed by atoms with Crippen molar-refractivity contribution in [2.45, 2.75) is 23.8 Å². The summed E-state index contributed by atoms with van der Waals surface area (Å²) in [7, 11) is 0. The van der Waals surface area contributed by atoms with Gasteiger partial charge in [-0.2, -0.15) is 5.26 Å². The van der Waals surface area contributed by atoms with Gasteiger partial charge in [0.05, 0.1) is 5.69 Å². The van der Waals surface area contributed by atoms with Gasteiger partial charge < -0.3 is 0 Å². The van der Waals surface area contributed by atoms with Crippen LogP contribution < -0.4 is 0 Å². The van der Waals surface area contributed by atoms with Gasteiger partial charge in [-0.3, -0.25) is 0 Å². The van der Waals surface area contributed by atoms with Crippen molar-refractivity contribution in [1.29, 1.82) is 5.26 Å². The van der Waals surface area contributed by atoms with Crippen LogP contribution in [-0.4, -0.2) is 9.97 Å². The molecule has 0 saturated heterocycles. The minimum absolute atomic E-state index is 0.413. The van der Waals surface area contributed by atoms with Crippen molar-refractivity contribution in [1.82, 2.24) is 9.97 Å². The Bertz CT molecular complexity index is 627. The first kappa shape index (κ1) is 11.2. The van der Waals surface area contributed by atoms with Crippen molar-refractivity contribution in [3.63, 3.8) is 0 Å². The zero-order valence-corrected chi connectivity index (χ0v) is 10.6. The highest BCUT2D eigenvalue weighted by atomic mass is 32.1. The molecule has 1 fully saturated rings. The van der Waals surface area contributed by atoms with Crippen LogP contribution >= 0.6 is 12.6 Å². The lowest BCUT2D eigenvalue weighted by molar-refractivity contribution is 0.933. The molecule has 1 heterocycles. The number of hydrogen-bond acceptors (Lipinski definition) is 4. The van der Waals surface area contributed by atoms with E-state index >= 15 is 0 Å². The molecule has 1 aliphatic carbocycles. The van der Waals surface area contributed by atoms with Crippen LogP contribution in [0.2, 0.25) is 0 Å². The SMILES string of the molecule is N#Cc1c(S)nc(-c2ccccc2)nc1C1CC1. The smallest absolute Gasteiger partial charge is 0.160 e. The highest BCUT2D eigenvalue weighted by Gasteiger charge is 2.29.